The maximum Gasteiger partial charge on any atom is 0.209 e. The van der Waals surface area contributed by atoms with Gasteiger partial charge in [0.2, 0.25) is 6.41 Å². The normalized spacial score (nSPS) is 20.6. The van der Waals surface area contributed by atoms with Crippen molar-refractivity contribution >= 4 is 6.41 Å². The monoisotopic (exact) mass is 248 g/mol. The van der Waals surface area contributed by atoms with Gasteiger partial charge in [0.25, 0.3) is 0 Å². The molecule has 3 heteroatoms. The maximum atomic E-state index is 9.89. The first-order valence-electron chi connectivity index (χ1n) is 6.71. The number of nitrogens with two attached hydrogens (primary N) is 1. The van der Waals surface area contributed by atoms with Gasteiger partial charge < -0.3 is 10.6 Å². The predicted molar refractivity (Wildman–Crippen MR) is 75.3 cm³/mol. The number of carbonyl (C=O) groups excluding carboxylic acids is 1. The van der Waals surface area contributed by atoms with Gasteiger partial charge >= 0.3 is 0 Å². The maximum absolute atomic E-state index is 9.89. The Morgan fingerprint density at radius 1 is 1.28 bits per heavy atom. The molecule has 1 aromatic rings. The lowest BCUT2D eigenvalue weighted by molar-refractivity contribution is -0.117. The van der Waals surface area contributed by atoms with Crippen molar-refractivity contribution in [2.75, 3.05) is 19.6 Å². The quantitative estimate of drug-likeness (QED) is 0.812. The van der Waals surface area contributed by atoms with Crippen LogP contribution < -0.4 is 5.73 Å². The van der Waals surface area contributed by atoms with E-state index in [1.165, 1.54) is 12.0 Å². The first-order valence-corrected chi connectivity index (χ1v) is 6.71. The van der Waals surface area contributed by atoms with E-state index in [1.807, 2.05) is 13.8 Å². The van der Waals surface area contributed by atoms with E-state index in [4.69, 9.17) is 5.73 Å². The van der Waals surface area contributed by atoms with Gasteiger partial charge in [0.1, 0.15) is 0 Å². The second-order valence-electron chi connectivity index (χ2n) is 4.58. The Bertz CT molecular complexity index is 336. The van der Waals surface area contributed by atoms with Gasteiger partial charge in [0.15, 0.2) is 0 Å². The summed E-state index contributed by atoms with van der Waals surface area (Å²) in [5.74, 6) is 1.53. The van der Waals surface area contributed by atoms with Gasteiger partial charge in [-0.2, -0.15) is 0 Å². The first kappa shape index (κ1) is 14.7. The molecular formula is C15H24N2O. The summed E-state index contributed by atoms with van der Waals surface area (Å²) in [6, 6.07) is 10.6. The zero-order valence-corrected chi connectivity index (χ0v) is 11.4. The van der Waals surface area contributed by atoms with Gasteiger partial charge in [-0.15, -0.1) is 0 Å². The Balaban J connectivity index is 0.000000203. The average Bonchev–Trinajstić information content (AvgIpc) is 3.22. The number of amides is 1. The van der Waals surface area contributed by atoms with Crippen molar-refractivity contribution in [1.29, 1.82) is 0 Å². The van der Waals surface area contributed by atoms with Crippen LogP contribution in [-0.2, 0) is 4.79 Å². The number of nitrogens with zero attached hydrogens (tertiary/aromatic N) is 1. The fraction of sp³-hybridized carbons (Fsp3) is 0.533. The summed E-state index contributed by atoms with van der Waals surface area (Å²) in [7, 11) is 0. The molecule has 0 spiro atoms. The largest absolute Gasteiger partial charge is 0.346 e. The van der Waals surface area contributed by atoms with E-state index in [2.05, 4.69) is 30.3 Å². The molecule has 2 rings (SSSR count). The van der Waals surface area contributed by atoms with E-state index in [9.17, 15) is 4.79 Å². The highest BCUT2D eigenvalue weighted by Crippen LogP contribution is 2.46. The number of rotatable bonds is 5. The van der Waals surface area contributed by atoms with Crippen molar-refractivity contribution in [3.05, 3.63) is 35.9 Å². The minimum atomic E-state index is 0.761. The Morgan fingerprint density at radius 2 is 1.89 bits per heavy atom. The fourth-order valence-corrected chi connectivity index (χ4v) is 1.99. The highest BCUT2D eigenvalue weighted by molar-refractivity contribution is 5.46. The molecular weight excluding hydrogens is 224 g/mol. The number of carbonyl (C=O) groups is 1. The minimum Gasteiger partial charge on any atom is -0.346 e. The molecule has 0 radical (unpaired) electrons. The molecule has 2 atom stereocenters. The van der Waals surface area contributed by atoms with E-state index in [1.54, 1.807) is 4.90 Å². The molecule has 0 aliphatic heterocycles. The highest BCUT2D eigenvalue weighted by Gasteiger charge is 2.36. The van der Waals surface area contributed by atoms with Gasteiger partial charge in [-0.1, -0.05) is 30.3 Å². The molecule has 1 amide bonds. The van der Waals surface area contributed by atoms with Crippen molar-refractivity contribution in [2.45, 2.75) is 26.2 Å². The summed E-state index contributed by atoms with van der Waals surface area (Å²) in [5.41, 5.74) is 7.02. The first-order chi connectivity index (χ1) is 8.76. The molecule has 1 aliphatic rings. The Kier molecular flexibility index (Phi) is 6.44. The van der Waals surface area contributed by atoms with Gasteiger partial charge in [-0.05, 0) is 44.2 Å². The van der Waals surface area contributed by atoms with E-state index >= 15 is 0 Å². The van der Waals surface area contributed by atoms with Crippen LogP contribution in [0.5, 0.6) is 0 Å². The van der Waals surface area contributed by atoms with Crippen molar-refractivity contribution in [1.82, 2.24) is 4.90 Å². The minimum absolute atomic E-state index is 0.761. The fourth-order valence-electron chi connectivity index (χ4n) is 1.99. The van der Waals surface area contributed by atoms with Crippen molar-refractivity contribution < 1.29 is 4.79 Å². The van der Waals surface area contributed by atoms with Crippen LogP contribution in [0.4, 0.5) is 0 Å². The smallest absolute Gasteiger partial charge is 0.209 e. The molecule has 0 heterocycles. The van der Waals surface area contributed by atoms with Crippen LogP contribution >= 0.6 is 0 Å². The van der Waals surface area contributed by atoms with Crippen LogP contribution in [-0.4, -0.2) is 30.9 Å². The van der Waals surface area contributed by atoms with Crippen LogP contribution in [0.15, 0.2) is 30.3 Å². The second-order valence-corrected chi connectivity index (χ2v) is 4.58. The third-order valence-electron chi connectivity index (χ3n) is 3.41. The predicted octanol–water partition coefficient (Wildman–Crippen LogP) is 2.23. The van der Waals surface area contributed by atoms with E-state index < -0.39 is 0 Å². The molecule has 1 aliphatic carbocycles. The third kappa shape index (κ3) is 4.49. The van der Waals surface area contributed by atoms with Crippen LogP contribution in [0, 0.1) is 5.92 Å². The van der Waals surface area contributed by atoms with Crippen LogP contribution in [0.25, 0.3) is 0 Å². The molecule has 18 heavy (non-hydrogen) atoms. The molecule has 0 aromatic heterocycles. The van der Waals surface area contributed by atoms with E-state index in [0.29, 0.717) is 0 Å². The van der Waals surface area contributed by atoms with Gasteiger partial charge in [-0.3, -0.25) is 4.79 Å². The second kappa shape index (κ2) is 7.88. The molecule has 2 N–H and O–H groups in total. The summed E-state index contributed by atoms with van der Waals surface area (Å²) < 4.78 is 0. The van der Waals surface area contributed by atoms with Crippen LogP contribution in [0.3, 0.4) is 0 Å². The Hall–Kier alpha value is -1.35. The molecule has 0 saturated heterocycles. The van der Waals surface area contributed by atoms with E-state index in [0.717, 1.165) is 37.9 Å². The number of benzene rings is 1. The van der Waals surface area contributed by atoms with Gasteiger partial charge in [0, 0.05) is 13.1 Å². The molecule has 1 saturated carbocycles. The summed E-state index contributed by atoms with van der Waals surface area (Å²) in [4.78, 5) is 11.6. The van der Waals surface area contributed by atoms with Gasteiger partial charge in [-0.25, -0.2) is 0 Å². The van der Waals surface area contributed by atoms with Crippen LogP contribution in [0.1, 0.15) is 31.7 Å². The Labute approximate surface area is 110 Å². The molecule has 0 bridgehead atoms. The van der Waals surface area contributed by atoms with Crippen molar-refractivity contribution in [3.63, 3.8) is 0 Å². The van der Waals surface area contributed by atoms with Crippen LogP contribution in [0.2, 0.25) is 0 Å². The summed E-state index contributed by atoms with van der Waals surface area (Å²) >= 11 is 0. The van der Waals surface area contributed by atoms with E-state index in [-0.39, 0.29) is 0 Å². The lowest BCUT2D eigenvalue weighted by Gasteiger charge is -2.08. The topological polar surface area (TPSA) is 46.3 Å². The summed E-state index contributed by atoms with van der Waals surface area (Å²) in [6.07, 6.45) is 2.15. The molecule has 2 unspecified atom stereocenters. The summed E-state index contributed by atoms with van der Waals surface area (Å²) in [5, 5.41) is 0. The number of hydrogen-bond acceptors (Lipinski definition) is 2. The zero-order valence-electron chi connectivity index (χ0n) is 11.4. The van der Waals surface area contributed by atoms with Crippen molar-refractivity contribution in [3.8, 4) is 0 Å². The molecule has 3 nitrogen and oxygen atoms in total. The SMILES string of the molecule is CCN(C=O)CC.NCC1CC1c1ccccc1. The Morgan fingerprint density at radius 3 is 2.22 bits per heavy atom. The lowest BCUT2D eigenvalue weighted by atomic mass is 10.1. The standard InChI is InChI=1S/C10H13N.C5H11NO/c11-7-9-6-10(9)8-4-2-1-3-5-8;1-3-6(4-2)5-7/h1-5,9-10H,6-7,11H2;5H,3-4H2,1-2H3. The summed E-state index contributed by atoms with van der Waals surface area (Å²) in [6.45, 7) is 6.40. The highest BCUT2D eigenvalue weighted by atomic mass is 16.1. The zero-order chi connectivity index (χ0) is 13.4. The van der Waals surface area contributed by atoms with Crippen molar-refractivity contribution in [2.24, 2.45) is 11.7 Å². The van der Waals surface area contributed by atoms with Gasteiger partial charge in [0.05, 0.1) is 0 Å². The number of hydrogen-bond donors (Lipinski definition) is 1. The lowest BCUT2D eigenvalue weighted by Crippen LogP contribution is -2.19. The molecule has 100 valence electrons. The third-order valence-corrected chi connectivity index (χ3v) is 3.41. The molecule has 1 fully saturated rings. The average molecular weight is 248 g/mol. The molecule has 1 aromatic carbocycles.